The van der Waals surface area contributed by atoms with Crippen LogP contribution in [0.5, 0.6) is 0 Å². The highest BCUT2D eigenvalue weighted by Crippen LogP contribution is 2.22. The topological polar surface area (TPSA) is 67.1 Å². The van der Waals surface area contributed by atoms with E-state index in [1.54, 1.807) is 24.5 Å². The van der Waals surface area contributed by atoms with E-state index < -0.39 is 0 Å². The second-order valence-corrected chi connectivity index (χ2v) is 4.65. The summed E-state index contributed by atoms with van der Waals surface area (Å²) < 4.78 is 13.8. The van der Waals surface area contributed by atoms with Crippen LogP contribution in [0.15, 0.2) is 36.7 Å². The summed E-state index contributed by atoms with van der Waals surface area (Å²) in [5.41, 5.74) is 3.90. The van der Waals surface area contributed by atoms with Crippen LogP contribution in [-0.4, -0.2) is 21.9 Å². The van der Waals surface area contributed by atoms with E-state index in [4.69, 9.17) is 5.84 Å². The lowest BCUT2D eigenvalue weighted by molar-refractivity contribution is 0.245. The molecule has 106 valence electrons. The van der Waals surface area contributed by atoms with Crippen molar-refractivity contribution in [1.29, 1.82) is 0 Å². The smallest absolute Gasteiger partial charge is 0.158 e. The van der Waals surface area contributed by atoms with Gasteiger partial charge in [-0.15, -0.1) is 0 Å². The third-order valence-electron chi connectivity index (χ3n) is 3.28. The zero-order valence-corrected chi connectivity index (χ0v) is 11.5. The lowest BCUT2D eigenvalue weighted by Gasteiger charge is -2.25. The maximum Gasteiger partial charge on any atom is 0.158 e. The average molecular weight is 275 g/mol. The molecular formula is C14H18FN5. The van der Waals surface area contributed by atoms with Gasteiger partial charge in [0.1, 0.15) is 5.82 Å². The Balaban J connectivity index is 2.07. The Morgan fingerprint density at radius 1 is 1.30 bits per heavy atom. The van der Waals surface area contributed by atoms with Crippen LogP contribution in [-0.2, 0) is 6.54 Å². The van der Waals surface area contributed by atoms with Crippen molar-refractivity contribution < 1.29 is 4.39 Å². The van der Waals surface area contributed by atoms with Gasteiger partial charge in [-0.1, -0.05) is 18.2 Å². The van der Waals surface area contributed by atoms with E-state index in [0.717, 1.165) is 5.69 Å². The Morgan fingerprint density at radius 3 is 2.65 bits per heavy atom. The van der Waals surface area contributed by atoms with Crippen molar-refractivity contribution >= 4 is 5.82 Å². The van der Waals surface area contributed by atoms with Crippen LogP contribution in [0.1, 0.15) is 24.2 Å². The summed E-state index contributed by atoms with van der Waals surface area (Å²) in [6.07, 6.45) is 3.22. The molecule has 0 aliphatic rings. The van der Waals surface area contributed by atoms with E-state index in [1.165, 1.54) is 6.07 Å². The quantitative estimate of drug-likeness (QED) is 0.646. The van der Waals surface area contributed by atoms with Crippen LogP contribution in [0, 0.1) is 5.82 Å². The molecule has 3 N–H and O–H groups in total. The highest BCUT2D eigenvalue weighted by atomic mass is 19.1. The van der Waals surface area contributed by atoms with Gasteiger partial charge in [0.2, 0.25) is 0 Å². The lowest BCUT2D eigenvalue weighted by atomic mass is 10.1. The predicted octanol–water partition coefficient (Wildman–Crippen LogP) is 2.09. The van der Waals surface area contributed by atoms with Crippen molar-refractivity contribution in [1.82, 2.24) is 14.9 Å². The summed E-state index contributed by atoms with van der Waals surface area (Å²) >= 11 is 0. The third-order valence-corrected chi connectivity index (χ3v) is 3.28. The number of nitrogens with two attached hydrogens (primary N) is 1. The molecule has 1 aromatic heterocycles. The minimum atomic E-state index is -0.194. The molecule has 2 rings (SSSR count). The summed E-state index contributed by atoms with van der Waals surface area (Å²) in [6, 6.07) is 6.75. The summed E-state index contributed by atoms with van der Waals surface area (Å²) in [4.78, 5) is 10.4. The number of nitrogens with zero attached hydrogens (tertiary/aromatic N) is 3. The summed E-state index contributed by atoms with van der Waals surface area (Å²) in [7, 11) is 1.92. The summed E-state index contributed by atoms with van der Waals surface area (Å²) in [6.45, 7) is 2.54. The van der Waals surface area contributed by atoms with Gasteiger partial charge in [-0.3, -0.25) is 9.88 Å². The fourth-order valence-electron chi connectivity index (χ4n) is 1.95. The molecule has 0 bridgehead atoms. The maximum absolute atomic E-state index is 13.8. The summed E-state index contributed by atoms with van der Waals surface area (Å²) in [5, 5.41) is 0. The predicted molar refractivity (Wildman–Crippen MR) is 76.1 cm³/mol. The number of hydrogen-bond donors (Lipinski definition) is 2. The number of rotatable bonds is 5. The Bertz CT molecular complexity index is 558. The average Bonchev–Trinajstić information content (AvgIpc) is 2.48. The Morgan fingerprint density at radius 2 is 2.05 bits per heavy atom. The molecule has 0 saturated heterocycles. The number of hydrogen-bond acceptors (Lipinski definition) is 5. The molecule has 0 saturated carbocycles. The molecule has 2 aromatic rings. The number of anilines is 1. The van der Waals surface area contributed by atoms with Gasteiger partial charge < -0.3 is 5.43 Å². The van der Waals surface area contributed by atoms with Crippen LogP contribution in [0.4, 0.5) is 10.2 Å². The number of hydrazine groups is 1. The van der Waals surface area contributed by atoms with Crippen molar-refractivity contribution in [2.75, 3.05) is 12.5 Å². The molecule has 0 spiro atoms. The first-order valence-corrected chi connectivity index (χ1v) is 6.34. The van der Waals surface area contributed by atoms with Gasteiger partial charge >= 0.3 is 0 Å². The molecule has 5 nitrogen and oxygen atoms in total. The number of benzene rings is 1. The lowest BCUT2D eigenvalue weighted by Crippen LogP contribution is -2.23. The van der Waals surface area contributed by atoms with E-state index in [2.05, 4.69) is 15.4 Å². The van der Waals surface area contributed by atoms with Crippen LogP contribution >= 0.6 is 0 Å². The Hall–Kier alpha value is -2.05. The van der Waals surface area contributed by atoms with Crippen molar-refractivity contribution in [3.8, 4) is 0 Å². The van der Waals surface area contributed by atoms with Crippen molar-refractivity contribution in [3.05, 3.63) is 53.7 Å². The van der Waals surface area contributed by atoms with Gasteiger partial charge in [-0.25, -0.2) is 15.2 Å². The first-order valence-electron chi connectivity index (χ1n) is 6.34. The molecule has 0 aliphatic heterocycles. The minimum absolute atomic E-state index is 0.0506. The normalized spacial score (nSPS) is 12.4. The van der Waals surface area contributed by atoms with Crippen LogP contribution in [0.25, 0.3) is 0 Å². The number of nitrogen functional groups attached to an aromatic ring is 1. The van der Waals surface area contributed by atoms with E-state index in [0.29, 0.717) is 17.9 Å². The van der Waals surface area contributed by atoms with E-state index >= 15 is 0 Å². The molecule has 1 unspecified atom stereocenters. The molecule has 0 aliphatic carbocycles. The molecule has 1 atom stereocenters. The highest BCUT2D eigenvalue weighted by molar-refractivity contribution is 5.28. The highest BCUT2D eigenvalue weighted by Gasteiger charge is 2.15. The van der Waals surface area contributed by atoms with Crippen LogP contribution < -0.4 is 11.3 Å². The van der Waals surface area contributed by atoms with E-state index in [9.17, 15) is 4.39 Å². The third kappa shape index (κ3) is 3.28. The van der Waals surface area contributed by atoms with Crippen LogP contribution in [0.2, 0.25) is 0 Å². The number of nitrogens with one attached hydrogen (secondary N) is 1. The van der Waals surface area contributed by atoms with Gasteiger partial charge in [0.15, 0.2) is 5.82 Å². The van der Waals surface area contributed by atoms with Gasteiger partial charge in [0, 0.05) is 18.2 Å². The zero-order chi connectivity index (χ0) is 14.5. The molecule has 0 radical (unpaired) electrons. The first kappa shape index (κ1) is 14.4. The molecule has 1 heterocycles. The standard InChI is InChI=1S/C14H18FN5/c1-10(12-5-3-4-6-13(12)15)20(2)9-11-7-18-14(19-16)8-17-11/h3-8,10H,9,16H2,1-2H3,(H,18,19). The second-order valence-electron chi connectivity index (χ2n) is 4.65. The molecule has 6 heteroatoms. The van der Waals surface area contributed by atoms with Crippen LogP contribution in [0.3, 0.4) is 0 Å². The van der Waals surface area contributed by atoms with Gasteiger partial charge in [0.25, 0.3) is 0 Å². The largest absolute Gasteiger partial charge is 0.307 e. The fourth-order valence-corrected chi connectivity index (χ4v) is 1.95. The molecule has 20 heavy (non-hydrogen) atoms. The van der Waals surface area contributed by atoms with E-state index in [-0.39, 0.29) is 11.9 Å². The van der Waals surface area contributed by atoms with Gasteiger partial charge in [0.05, 0.1) is 18.1 Å². The molecule has 1 aromatic carbocycles. The maximum atomic E-state index is 13.8. The fraction of sp³-hybridized carbons (Fsp3) is 0.286. The number of aromatic nitrogens is 2. The van der Waals surface area contributed by atoms with Gasteiger partial charge in [-0.2, -0.15) is 0 Å². The van der Waals surface area contributed by atoms with Crippen molar-refractivity contribution in [2.24, 2.45) is 5.84 Å². The first-order chi connectivity index (χ1) is 9.61. The second kappa shape index (κ2) is 6.40. The van der Waals surface area contributed by atoms with Crippen molar-refractivity contribution in [2.45, 2.75) is 19.5 Å². The number of halogens is 1. The Kier molecular flexibility index (Phi) is 4.60. The van der Waals surface area contributed by atoms with E-state index in [1.807, 2.05) is 24.9 Å². The SMILES string of the molecule is CC(c1ccccc1F)N(C)Cc1cnc(NN)cn1. The van der Waals surface area contributed by atoms with Gasteiger partial charge in [-0.05, 0) is 20.0 Å². The molecular weight excluding hydrogens is 257 g/mol. The molecule has 0 fully saturated rings. The Labute approximate surface area is 117 Å². The summed E-state index contributed by atoms with van der Waals surface area (Å²) in [5.74, 6) is 5.56. The monoisotopic (exact) mass is 275 g/mol. The zero-order valence-electron chi connectivity index (χ0n) is 11.5. The minimum Gasteiger partial charge on any atom is -0.307 e. The molecule has 0 amide bonds. The van der Waals surface area contributed by atoms with Crippen molar-refractivity contribution in [3.63, 3.8) is 0 Å².